The Hall–Kier alpha value is -0.660. The number of sulfonamides is 1. The van der Waals surface area contributed by atoms with Crippen LogP contribution in [0.4, 0.5) is 0 Å². The van der Waals surface area contributed by atoms with Gasteiger partial charge < -0.3 is 9.64 Å². The maximum absolute atomic E-state index is 12.7. The molecule has 1 unspecified atom stereocenters. The second kappa shape index (κ2) is 7.92. The van der Waals surface area contributed by atoms with E-state index in [1.807, 2.05) is 4.90 Å². The first-order valence-electron chi connectivity index (χ1n) is 9.74. The SMILES string of the molecule is CS(=O)(=O)NCC1CCOC2(CCN(C(=O)C3CCCCC3)CC2)C1. The third-order valence-corrected chi connectivity index (χ3v) is 6.86. The van der Waals surface area contributed by atoms with Gasteiger partial charge >= 0.3 is 0 Å². The van der Waals surface area contributed by atoms with E-state index in [1.165, 1.54) is 25.5 Å². The summed E-state index contributed by atoms with van der Waals surface area (Å²) in [6.07, 6.45) is 10.5. The predicted octanol–water partition coefficient (Wildman–Crippen LogP) is 1.90. The summed E-state index contributed by atoms with van der Waals surface area (Å²) in [6, 6.07) is 0. The molecule has 0 aromatic carbocycles. The van der Waals surface area contributed by atoms with Crippen molar-refractivity contribution in [3.8, 4) is 0 Å². The molecule has 0 radical (unpaired) electrons. The zero-order valence-electron chi connectivity index (χ0n) is 15.3. The topological polar surface area (TPSA) is 75.7 Å². The van der Waals surface area contributed by atoms with Crippen LogP contribution in [0, 0.1) is 11.8 Å². The molecule has 2 aliphatic heterocycles. The molecular formula is C18H32N2O4S. The number of piperidine rings is 1. The zero-order valence-corrected chi connectivity index (χ0v) is 16.2. The molecule has 2 heterocycles. The number of carbonyl (C=O) groups excluding carboxylic acids is 1. The van der Waals surface area contributed by atoms with Crippen LogP contribution in [0.2, 0.25) is 0 Å². The Morgan fingerprint density at radius 2 is 1.84 bits per heavy atom. The van der Waals surface area contributed by atoms with Crippen LogP contribution < -0.4 is 4.72 Å². The average molecular weight is 373 g/mol. The Balaban J connectivity index is 1.50. The summed E-state index contributed by atoms with van der Waals surface area (Å²) in [5.74, 6) is 0.909. The standard InChI is InChI=1S/C18H32N2O4S/c1-25(22,23)19-14-15-7-12-24-18(13-15)8-10-20(11-9-18)17(21)16-5-3-2-4-6-16/h15-16,19H,2-14H2,1H3. The van der Waals surface area contributed by atoms with Crippen molar-refractivity contribution in [2.24, 2.45) is 11.8 Å². The highest BCUT2D eigenvalue weighted by Gasteiger charge is 2.41. The molecule has 0 aromatic heterocycles. The van der Waals surface area contributed by atoms with Gasteiger partial charge in [0.2, 0.25) is 15.9 Å². The van der Waals surface area contributed by atoms with Gasteiger partial charge in [-0.15, -0.1) is 0 Å². The van der Waals surface area contributed by atoms with Crippen molar-refractivity contribution < 1.29 is 17.9 Å². The average Bonchev–Trinajstić information content (AvgIpc) is 2.60. The molecule has 1 aliphatic carbocycles. The lowest BCUT2D eigenvalue weighted by Gasteiger charge is -2.46. The van der Waals surface area contributed by atoms with Gasteiger partial charge in [0.05, 0.1) is 11.9 Å². The van der Waals surface area contributed by atoms with Crippen LogP contribution in [0.5, 0.6) is 0 Å². The van der Waals surface area contributed by atoms with Gasteiger partial charge in [0.15, 0.2) is 0 Å². The van der Waals surface area contributed by atoms with Crippen LogP contribution in [0.25, 0.3) is 0 Å². The Morgan fingerprint density at radius 3 is 2.48 bits per heavy atom. The fourth-order valence-electron chi connectivity index (χ4n) is 4.66. The summed E-state index contributed by atoms with van der Waals surface area (Å²) in [4.78, 5) is 14.8. The molecule has 1 spiro atoms. The molecule has 6 nitrogen and oxygen atoms in total. The minimum Gasteiger partial charge on any atom is -0.375 e. The lowest BCUT2D eigenvalue weighted by molar-refractivity contribution is -0.150. The van der Waals surface area contributed by atoms with Crippen LogP contribution in [0.1, 0.15) is 57.8 Å². The second-order valence-electron chi connectivity index (χ2n) is 8.17. The first-order chi connectivity index (χ1) is 11.9. The fraction of sp³-hybridized carbons (Fsp3) is 0.944. The van der Waals surface area contributed by atoms with Gasteiger partial charge in [-0.3, -0.25) is 4.79 Å². The predicted molar refractivity (Wildman–Crippen MR) is 96.6 cm³/mol. The number of amides is 1. The third-order valence-electron chi connectivity index (χ3n) is 6.17. The van der Waals surface area contributed by atoms with E-state index in [2.05, 4.69) is 4.72 Å². The van der Waals surface area contributed by atoms with Crippen molar-refractivity contribution in [2.45, 2.75) is 63.4 Å². The van der Waals surface area contributed by atoms with Gasteiger partial charge in [0.25, 0.3) is 0 Å². The molecule has 25 heavy (non-hydrogen) atoms. The van der Waals surface area contributed by atoms with Gasteiger partial charge in [-0.25, -0.2) is 13.1 Å². The molecule has 1 saturated carbocycles. The van der Waals surface area contributed by atoms with Crippen LogP contribution in [0.15, 0.2) is 0 Å². The van der Waals surface area contributed by atoms with Crippen LogP contribution in [-0.2, 0) is 19.6 Å². The highest BCUT2D eigenvalue weighted by atomic mass is 32.2. The van der Waals surface area contributed by atoms with Crippen molar-refractivity contribution in [2.75, 3.05) is 32.5 Å². The van der Waals surface area contributed by atoms with Gasteiger partial charge in [-0.1, -0.05) is 19.3 Å². The number of nitrogens with one attached hydrogen (secondary N) is 1. The summed E-state index contributed by atoms with van der Waals surface area (Å²) < 4.78 is 31.4. The van der Waals surface area contributed by atoms with E-state index >= 15 is 0 Å². The number of hydrogen-bond acceptors (Lipinski definition) is 4. The molecule has 3 rings (SSSR count). The fourth-order valence-corrected chi connectivity index (χ4v) is 5.20. The monoisotopic (exact) mass is 372 g/mol. The van der Waals surface area contributed by atoms with Crippen LogP contribution in [0.3, 0.4) is 0 Å². The zero-order chi connectivity index (χ0) is 17.9. The number of rotatable bonds is 4. The molecule has 0 aromatic rings. The van der Waals surface area contributed by atoms with Crippen molar-refractivity contribution in [1.82, 2.24) is 9.62 Å². The maximum Gasteiger partial charge on any atom is 0.225 e. The van der Waals surface area contributed by atoms with E-state index < -0.39 is 10.0 Å². The number of nitrogens with zero attached hydrogens (tertiary/aromatic N) is 1. The molecule has 1 N–H and O–H groups in total. The van der Waals surface area contributed by atoms with Gasteiger partial charge in [-0.2, -0.15) is 0 Å². The molecule has 1 atom stereocenters. The van der Waals surface area contributed by atoms with E-state index in [0.717, 1.165) is 51.6 Å². The number of hydrogen-bond donors (Lipinski definition) is 1. The minimum absolute atomic E-state index is 0.161. The van der Waals surface area contributed by atoms with E-state index in [4.69, 9.17) is 4.74 Å². The largest absolute Gasteiger partial charge is 0.375 e. The molecule has 144 valence electrons. The summed E-state index contributed by atoms with van der Waals surface area (Å²) in [5, 5.41) is 0. The van der Waals surface area contributed by atoms with Crippen LogP contribution >= 0.6 is 0 Å². The highest BCUT2D eigenvalue weighted by Crippen LogP contribution is 2.38. The number of likely N-dealkylation sites (tertiary alicyclic amines) is 1. The maximum atomic E-state index is 12.7. The lowest BCUT2D eigenvalue weighted by Crippen LogP contribution is -2.52. The molecule has 3 aliphatic rings. The van der Waals surface area contributed by atoms with Crippen molar-refractivity contribution >= 4 is 15.9 Å². The Labute approximate surface area is 151 Å². The molecule has 7 heteroatoms. The van der Waals surface area contributed by atoms with Crippen molar-refractivity contribution in [1.29, 1.82) is 0 Å². The molecule has 3 fully saturated rings. The van der Waals surface area contributed by atoms with Gasteiger partial charge in [0, 0.05) is 32.2 Å². The molecular weight excluding hydrogens is 340 g/mol. The molecule has 2 saturated heterocycles. The number of ether oxygens (including phenoxy) is 1. The normalized spacial score (nSPS) is 28.2. The first-order valence-corrected chi connectivity index (χ1v) is 11.6. The first kappa shape index (κ1) is 19.1. The Bertz CT molecular complexity index is 564. The minimum atomic E-state index is -3.14. The lowest BCUT2D eigenvalue weighted by atomic mass is 9.79. The summed E-state index contributed by atoms with van der Waals surface area (Å²) >= 11 is 0. The van der Waals surface area contributed by atoms with Gasteiger partial charge in [0.1, 0.15) is 0 Å². The summed E-state index contributed by atoms with van der Waals surface area (Å²) in [5.41, 5.74) is -0.161. The smallest absolute Gasteiger partial charge is 0.225 e. The van der Waals surface area contributed by atoms with E-state index in [-0.39, 0.29) is 11.5 Å². The van der Waals surface area contributed by atoms with Crippen LogP contribution in [-0.4, -0.2) is 57.3 Å². The Kier molecular flexibility index (Phi) is 6.06. The highest BCUT2D eigenvalue weighted by molar-refractivity contribution is 7.88. The summed E-state index contributed by atoms with van der Waals surface area (Å²) in [6.45, 7) is 2.74. The molecule has 1 amide bonds. The van der Waals surface area contributed by atoms with E-state index in [1.54, 1.807) is 0 Å². The van der Waals surface area contributed by atoms with E-state index in [9.17, 15) is 13.2 Å². The van der Waals surface area contributed by atoms with Crippen molar-refractivity contribution in [3.05, 3.63) is 0 Å². The molecule has 0 bridgehead atoms. The van der Waals surface area contributed by atoms with Gasteiger partial charge in [-0.05, 0) is 44.4 Å². The quantitative estimate of drug-likeness (QED) is 0.818. The Morgan fingerprint density at radius 1 is 1.16 bits per heavy atom. The van der Waals surface area contributed by atoms with E-state index in [0.29, 0.717) is 25.0 Å². The third kappa shape index (κ3) is 5.17. The summed E-state index contributed by atoms with van der Waals surface area (Å²) in [7, 11) is -3.14. The van der Waals surface area contributed by atoms with Crippen molar-refractivity contribution in [3.63, 3.8) is 0 Å². The number of carbonyl (C=O) groups is 1. The second-order valence-corrected chi connectivity index (χ2v) is 10.0.